The van der Waals surface area contributed by atoms with E-state index in [0.717, 1.165) is 5.75 Å². The van der Waals surface area contributed by atoms with E-state index in [1.807, 2.05) is 30.3 Å². The number of ether oxygens (including phenoxy) is 1. The molecule has 0 heterocycles. The van der Waals surface area contributed by atoms with E-state index in [4.69, 9.17) is 4.74 Å². The molecule has 0 aliphatic rings. The second-order valence-corrected chi connectivity index (χ2v) is 7.72. The number of sulfonamides is 1. The fourth-order valence-corrected chi connectivity index (χ4v) is 3.49. The van der Waals surface area contributed by atoms with Crippen LogP contribution >= 0.6 is 0 Å². The molecule has 0 aromatic heterocycles. The van der Waals surface area contributed by atoms with Crippen LogP contribution in [0.4, 0.5) is 5.69 Å². The van der Waals surface area contributed by atoms with E-state index in [2.05, 4.69) is 10.0 Å². The van der Waals surface area contributed by atoms with Gasteiger partial charge in [0.15, 0.2) is 0 Å². The van der Waals surface area contributed by atoms with Crippen LogP contribution in [0.15, 0.2) is 89.8 Å². The first-order valence-corrected chi connectivity index (χ1v) is 10.2. The van der Waals surface area contributed by atoms with Crippen LogP contribution < -0.4 is 14.8 Å². The number of para-hydroxylation sites is 1. The van der Waals surface area contributed by atoms with Gasteiger partial charge in [-0.25, -0.2) is 13.1 Å². The lowest BCUT2D eigenvalue weighted by molar-refractivity contribution is -0.116. The molecular weight excluding hydrogens is 376 g/mol. The Morgan fingerprint density at radius 3 is 2.00 bits per heavy atom. The Morgan fingerprint density at radius 2 is 1.36 bits per heavy atom. The third-order valence-corrected chi connectivity index (χ3v) is 5.29. The molecule has 0 atom stereocenters. The Hall–Kier alpha value is -3.16. The number of benzene rings is 3. The lowest BCUT2D eigenvalue weighted by Crippen LogP contribution is -2.27. The molecule has 6 nitrogen and oxygen atoms in total. The molecule has 0 spiro atoms. The van der Waals surface area contributed by atoms with Gasteiger partial charge in [-0.05, 0) is 48.5 Å². The van der Waals surface area contributed by atoms with E-state index in [1.165, 1.54) is 12.1 Å². The van der Waals surface area contributed by atoms with Crippen molar-refractivity contribution in [1.82, 2.24) is 4.72 Å². The number of hydrogen-bond donors (Lipinski definition) is 2. The second-order valence-electron chi connectivity index (χ2n) is 5.95. The zero-order valence-electron chi connectivity index (χ0n) is 15.0. The predicted octanol–water partition coefficient (Wildman–Crippen LogP) is 3.79. The van der Waals surface area contributed by atoms with Gasteiger partial charge >= 0.3 is 0 Å². The summed E-state index contributed by atoms with van der Waals surface area (Å²) in [7, 11) is -3.61. The molecule has 3 aromatic carbocycles. The van der Waals surface area contributed by atoms with E-state index >= 15 is 0 Å². The SMILES string of the molecule is O=C(CCNS(=O)(=O)c1ccccc1)Nc1ccc(Oc2ccccc2)cc1. The quantitative estimate of drug-likeness (QED) is 0.607. The minimum absolute atomic E-state index is 0.0122. The van der Waals surface area contributed by atoms with Crippen LogP contribution in [-0.2, 0) is 14.8 Å². The van der Waals surface area contributed by atoms with Crippen LogP contribution in [-0.4, -0.2) is 20.9 Å². The minimum atomic E-state index is -3.61. The highest BCUT2D eigenvalue weighted by atomic mass is 32.2. The summed E-state index contributed by atoms with van der Waals surface area (Å²) in [4.78, 5) is 12.2. The van der Waals surface area contributed by atoms with E-state index in [1.54, 1.807) is 42.5 Å². The summed E-state index contributed by atoms with van der Waals surface area (Å²) in [6.07, 6.45) is 0.0222. The lowest BCUT2D eigenvalue weighted by Gasteiger charge is -2.09. The molecule has 0 fully saturated rings. The van der Waals surface area contributed by atoms with Crippen LogP contribution in [0.2, 0.25) is 0 Å². The zero-order valence-corrected chi connectivity index (χ0v) is 15.9. The fraction of sp³-hybridized carbons (Fsp3) is 0.0952. The van der Waals surface area contributed by atoms with Gasteiger partial charge in [-0.15, -0.1) is 0 Å². The van der Waals surface area contributed by atoms with Crippen molar-refractivity contribution < 1.29 is 17.9 Å². The maximum atomic E-state index is 12.1. The largest absolute Gasteiger partial charge is 0.457 e. The van der Waals surface area contributed by atoms with Gasteiger partial charge in [0.05, 0.1) is 4.90 Å². The molecule has 1 amide bonds. The number of anilines is 1. The Bertz CT molecular complexity index is 1010. The molecule has 3 rings (SSSR count). The van der Waals surface area contributed by atoms with Crippen molar-refractivity contribution >= 4 is 21.6 Å². The number of nitrogens with one attached hydrogen (secondary N) is 2. The third kappa shape index (κ3) is 5.67. The Labute approximate surface area is 164 Å². The van der Waals surface area contributed by atoms with Gasteiger partial charge in [0.1, 0.15) is 11.5 Å². The van der Waals surface area contributed by atoms with Crippen molar-refractivity contribution in [2.75, 3.05) is 11.9 Å². The van der Waals surface area contributed by atoms with Crippen molar-refractivity contribution in [1.29, 1.82) is 0 Å². The van der Waals surface area contributed by atoms with Crippen molar-refractivity contribution in [2.45, 2.75) is 11.3 Å². The highest BCUT2D eigenvalue weighted by molar-refractivity contribution is 7.89. The van der Waals surface area contributed by atoms with Gasteiger partial charge < -0.3 is 10.1 Å². The second kappa shape index (κ2) is 9.16. The normalized spacial score (nSPS) is 11.0. The van der Waals surface area contributed by atoms with E-state index < -0.39 is 10.0 Å². The Morgan fingerprint density at radius 1 is 0.786 bits per heavy atom. The molecule has 0 radical (unpaired) electrons. The average molecular weight is 396 g/mol. The Balaban J connectivity index is 1.47. The average Bonchev–Trinajstić information content (AvgIpc) is 2.71. The molecule has 2 N–H and O–H groups in total. The number of hydrogen-bond acceptors (Lipinski definition) is 4. The van der Waals surface area contributed by atoms with Crippen LogP contribution in [0.3, 0.4) is 0 Å². The maximum Gasteiger partial charge on any atom is 0.240 e. The molecule has 3 aromatic rings. The summed E-state index contributed by atoms with van der Waals surface area (Å²) < 4.78 is 32.3. The van der Waals surface area contributed by atoms with Gasteiger partial charge in [0.25, 0.3) is 0 Å². The Kier molecular flexibility index (Phi) is 6.41. The van der Waals surface area contributed by atoms with Gasteiger partial charge in [0, 0.05) is 18.7 Å². The number of rotatable bonds is 8. The van der Waals surface area contributed by atoms with Crippen molar-refractivity contribution in [3.63, 3.8) is 0 Å². The summed E-state index contributed by atoms with van der Waals surface area (Å²) in [6.45, 7) is 0.0122. The summed E-state index contributed by atoms with van der Waals surface area (Å²) >= 11 is 0. The molecule has 0 aliphatic carbocycles. The summed E-state index contributed by atoms with van der Waals surface area (Å²) in [6, 6.07) is 24.4. The van der Waals surface area contributed by atoms with Gasteiger partial charge in [-0.1, -0.05) is 36.4 Å². The molecule has 28 heavy (non-hydrogen) atoms. The summed E-state index contributed by atoms with van der Waals surface area (Å²) in [5.74, 6) is 1.09. The monoisotopic (exact) mass is 396 g/mol. The fourth-order valence-electron chi connectivity index (χ4n) is 2.44. The van der Waals surface area contributed by atoms with Crippen LogP contribution in [0.25, 0.3) is 0 Å². The zero-order chi connectivity index (χ0) is 19.8. The molecule has 0 saturated carbocycles. The molecule has 0 saturated heterocycles. The van der Waals surface area contributed by atoms with Gasteiger partial charge in [0.2, 0.25) is 15.9 Å². The third-order valence-electron chi connectivity index (χ3n) is 3.81. The smallest absolute Gasteiger partial charge is 0.240 e. The molecule has 7 heteroatoms. The van der Waals surface area contributed by atoms with Crippen LogP contribution in [0.5, 0.6) is 11.5 Å². The van der Waals surface area contributed by atoms with Crippen LogP contribution in [0.1, 0.15) is 6.42 Å². The predicted molar refractivity (Wildman–Crippen MR) is 108 cm³/mol. The number of carbonyl (C=O) groups excluding carboxylic acids is 1. The first-order chi connectivity index (χ1) is 13.5. The number of carbonyl (C=O) groups is 1. The van der Waals surface area contributed by atoms with E-state index in [-0.39, 0.29) is 23.8 Å². The molecule has 0 aliphatic heterocycles. The topological polar surface area (TPSA) is 84.5 Å². The maximum absolute atomic E-state index is 12.1. The highest BCUT2D eigenvalue weighted by Gasteiger charge is 2.13. The summed E-state index contributed by atoms with van der Waals surface area (Å²) in [5.41, 5.74) is 0.608. The van der Waals surface area contributed by atoms with E-state index in [9.17, 15) is 13.2 Å². The van der Waals surface area contributed by atoms with Crippen molar-refractivity contribution in [3.8, 4) is 11.5 Å². The molecule has 0 bridgehead atoms. The first kappa shape index (κ1) is 19.6. The van der Waals surface area contributed by atoms with Crippen molar-refractivity contribution in [3.05, 3.63) is 84.9 Å². The minimum Gasteiger partial charge on any atom is -0.457 e. The van der Waals surface area contributed by atoms with Crippen LogP contribution in [0, 0.1) is 0 Å². The first-order valence-electron chi connectivity index (χ1n) is 8.70. The molecule has 144 valence electrons. The standard InChI is InChI=1S/C21H20N2O4S/c24-21(15-16-22-28(25,26)20-9-5-2-6-10-20)23-17-11-13-19(14-12-17)27-18-7-3-1-4-8-18/h1-14,22H,15-16H2,(H,23,24). The lowest BCUT2D eigenvalue weighted by atomic mass is 10.3. The molecular formula is C21H20N2O4S. The highest BCUT2D eigenvalue weighted by Crippen LogP contribution is 2.22. The van der Waals surface area contributed by atoms with Crippen molar-refractivity contribution in [2.24, 2.45) is 0 Å². The van der Waals surface area contributed by atoms with Gasteiger partial charge in [-0.3, -0.25) is 4.79 Å². The van der Waals surface area contributed by atoms with E-state index in [0.29, 0.717) is 11.4 Å². The number of amides is 1. The molecule has 0 unspecified atom stereocenters. The summed E-state index contributed by atoms with van der Waals surface area (Å²) in [5, 5.41) is 2.73. The van der Waals surface area contributed by atoms with Gasteiger partial charge in [-0.2, -0.15) is 0 Å².